The number of carbonyl (C=O) groups excluding carboxylic acids is 1. The second kappa shape index (κ2) is 9.26. The van der Waals surface area contributed by atoms with Crippen molar-refractivity contribution >= 4 is 17.7 Å². The second-order valence-electron chi connectivity index (χ2n) is 6.07. The van der Waals surface area contributed by atoms with Gasteiger partial charge in [-0.3, -0.25) is 4.79 Å². The van der Waals surface area contributed by atoms with Crippen molar-refractivity contribution in [2.75, 3.05) is 33.4 Å². The SMILES string of the molecule is CSc1ccc(C(=O)N(CCN(C)C)Cc2ccc(C#N)cc2)cc1. The van der Waals surface area contributed by atoms with Gasteiger partial charge in [0, 0.05) is 30.1 Å². The molecule has 0 aliphatic carbocycles. The first kappa shape index (κ1) is 19.0. The third-order valence-electron chi connectivity index (χ3n) is 3.90. The van der Waals surface area contributed by atoms with Crippen LogP contribution in [-0.4, -0.2) is 49.1 Å². The Labute approximate surface area is 154 Å². The molecule has 0 aromatic heterocycles. The summed E-state index contributed by atoms with van der Waals surface area (Å²) in [5.74, 6) is 0.0267. The van der Waals surface area contributed by atoms with Crippen LogP contribution in [0.2, 0.25) is 0 Å². The lowest BCUT2D eigenvalue weighted by Gasteiger charge is -2.25. The second-order valence-corrected chi connectivity index (χ2v) is 6.95. The minimum atomic E-state index is 0.0267. The van der Waals surface area contributed by atoms with Crippen LogP contribution < -0.4 is 0 Å². The predicted molar refractivity (Wildman–Crippen MR) is 103 cm³/mol. The summed E-state index contributed by atoms with van der Waals surface area (Å²) >= 11 is 1.66. The number of benzene rings is 2. The molecule has 130 valence electrons. The summed E-state index contributed by atoms with van der Waals surface area (Å²) in [4.78, 5) is 18.0. The lowest BCUT2D eigenvalue weighted by atomic mass is 10.1. The number of nitrogens with zero attached hydrogens (tertiary/aromatic N) is 3. The third kappa shape index (κ3) is 5.63. The van der Waals surface area contributed by atoms with Gasteiger partial charge in [-0.15, -0.1) is 11.8 Å². The first-order valence-electron chi connectivity index (χ1n) is 8.10. The van der Waals surface area contributed by atoms with E-state index in [0.29, 0.717) is 24.2 Å². The highest BCUT2D eigenvalue weighted by atomic mass is 32.2. The van der Waals surface area contributed by atoms with Gasteiger partial charge in [-0.25, -0.2) is 0 Å². The molecule has 0 fully saturated rings. The van der Waals surface area contributed by atoms with Crippen molar-refractivity contribution in [1.29, 1.82) is 5.26 Å². The van der Waals surface area contributed by atoms with Crippen LogP contribution in [0.25, 0.3) is 0 Å². The fourth-order valence-electron chi connectivity index (χ4n) is 2.39. The fourth-order valence-corrected chi connectivity index (χ4v) is 2.80. The molecule has 0 aliphatic rings. The van der Waals surface area contributed by atoms with Crippen molar-refractivity contribution in [2.24, 2.45) is 0 Å². The summed E-state index contributed by atoms with van der Waals surface area (Å²) in [5.41, 5.74) is 2.35. The van der Waals surface area contributed by atoms with Gasteiger partial charge in [-0.1, -0.05) is 12.1 Å². The van der Waals surface area contributed by atoms with E-state index in [1.54, 1.807) is 23.9 Å². The average molecular weight is 353 g/mol. The van der Waals surface area contributed by atoms with Gasteiger partial charge in [0.15, 0.2) is 0 Å². The van der Waals surface area contributed by atoms with E-state index in [2.05, 4.69) is 11.0 Å². The summed E-state index contributed by atoms with van der Waals surface area (Å²) in [6, 6.07) is 17.2. The van der Waals surface area contributed by atoms with E-state index < -0.39 is 0 Å². The van der Waals surface area contributed by atoms with Gasteiger partial charge in [-0.05, 0) is 62.3 Å². The van der Waals surface area contributed by atoms with Crippen LogP contribution >= 0.6 is 11.8 Å². The maximum absolute atomic E-state index is 12.9. The summed E-state index contributed by atoms with van der Waals surface area (Å²) in [7, 11) is 4.00. The van der Waals surface area contributed by atoms with E-state index in [0.717, 1.165) is 17.0 Å². The molecule has 0 bridgehead atoms. The molecule has 2 aromatic rings. The van der Waals surface area contributed by atoms with E-state index in [9.17, 15) is 4.79 Å². The quantitative estimate of drug-likeness (QED) is 0.715. The van der Waals surface area contributed by atoms with Crippen molar-refractivity contribution in [3.63, 3.8) is 0 Å². The Hall–Kier alpha value is -2.29. The van der Waals surface area contributed by atoms with Gasteiger partial charge in [0.1, 0.15) is 0 Å². The first-order chi connectivity index (χ1) is 12.0. The standard InChI is InChI=1S/C20H23N3OS/c1-22(2)12-13-23(15-17-6-4-16(14-21)5-7-17)20(24)18-8-10-19(25-3)11-9-18/h4-11H,12-13,15H2,1-3H3. The number of rotatable bonds is 7. The zero-order valence-corrected chi connectivity index (χ0v) is 15.7. The fraction of sp³-hybridized carbons (Fsp3) is 0.300. The molecule has 0 unspecified atom stereocenters. The van der Waals surface area contributed by atoms with E-state index in [1.165, 1.54) is 0 Å². The number of hydrogen-bond acceptors (Lipinski definition) is 4. The topological polar surface area (TPSA) is 47.3 Å². The van der Waals surface area contributed by atoms with E-state index in [-0.39, 0.29) is 5.91 Å². The number of thioether (sulfide) groups is 1. The molecular formula is C20H23N3OS. The van der Waals surface area contributed by atoms with Gasteiger partial charge < -0.3 is 9.80 Å². The van der Waals surface area contributed by atoms with Crippen LogP contribution in [-0.2, 0) is 6.54 Å². The number of hydrogen-bond donors (Lipinski definition) is 0. The minimum absolute atomic E-state index is 0.0267. The van der Waals surface area contributed by atoms with Gasteiger partial charge in [0.05, 0.1) is 11.6 Å². The Bertz CT molecular complexity index is 733. The molecule has 0 saturated carbocycles. The van der Waals surface area contributed by atoms with E-state index >= 15 is 0 Å². The highest BCUT2D eigenvalue weighted by molar-refractivity contribution is 7.98. The van der Waals surface area contributed by atoms with Gasteiger partial charge in [0.25, 0.3) is 5.91 Å². The summed E-state index contributed by atoms with van der Waals surface area (Å²) in [5, 5.41) is 8.91. The lowest BCUT2D eigenvalue weighted by Crippen LogP contribution is -2.36. The van der Waals surface area contributed by atoms with Crippen LogP contribution in [0.15, 0.2) is 53.4 Å². The predicted octanol–water partition coefficient (Wildman–Crippen LogP) is 3.48. The molecule has 1 amide bonds. The van der Waals surface area contributed by atoms with Crippen molar-refractivity contribution in [1.82, 2.24) is 9.80 Å². The molecule has 2 aromatic carbocycles. The summed E-state index contributed by atoms with van der Waals surface area (Å²) < 4.78 is 0. The highest BCUT2D eigenvalue weighted by Gasteiger charge is 2.16. The normalized spacial score (nSPS) is 10.5. The molecule has 0 saturated heterocycles. The van der Waals surface area contributed by atoms with Crippen LogP contribution in [0.5, 0.6) is 0 Å². The maximum Gasteiger partial charge on any atom is 0.254 e. The van der Waals surface area contributed by atoms with E-state index in [4.69, 9.17) is 5.26 Å². The number of likely N-dealkylation sites (N-methyl/N-ethyl adjacent to an activating group) is 1. The molecule has 25 heavy (non-hydrogen) atoms. The Kier molecular flexibility index (Phi) is 7.05. The monoisotopic (exact) mass is 353 g/mol. The Balaban J connectivity index is 2.17. The molecule has 0 aliphatic heterocycles. The van der Waals surface area contributed by atoms with Gasteiger partial charge in [0.2, 0.25) is 0 Å². The Morgan fingerprint density at radius 1 is 1.04 bits per heavy atom. The zero-order valence-electron chi connectivity index (χ0n) is 14.9. The lowest BCUT2D eigenvalue weighted by molar-refractivity contribution is 0.0732. The van der Waals surface area contributed by atoms with Crippen molar-refractivity contribution in [2.45, 2.75) is 11.4 Å². The summed E-state index contributed by atoms with van der Waals surface area (Å²) in [6.45, 7) is 1.98. The number of carbonyl (C=O) groups is 1. The van der Waals surface area contributed by atoms with Crippen molar-refractivity contribution < 1.29 is 4.79 Å². The zero-order chi connectivity index (χ0) is 18.2. The molecule has 2 rings (SSSR count). The third-order valence-corrected chi connectivity index (χ3v) is 4.64. The molecule has 0 spiro atoms. The molecule has 0 heterocycles. The molecule has 4 nitrogen and oxygen atoms in total. The van der Waals surface area contributed by atoms with Crippen LogP contribution in [0.1, 0.15) is 21.5 Å². The molecule has 0 atom stereocenters. The number of amides is 1. The first-order valence-corrected chi connectivity index (χ1v) is 9.33. The van der Waals surface area contributed by atoms with Crippen LogP contribution in [0, 0.1) is 11.3 Å². The average Bonchev–Trinajstić information content (AvgIpc) is 2.65. The maximum atomic E-state index is 12.9. The van der Waals surface area contributed by atoms with Crippen molar-refractivity contribution in [3.05, 3.63) is 65.2 Å². The molecule has 5 heteroatoms. The smallest absolute Gasteiger partial charge is 0.254 e. The molecule has 0 N–H and O–H groups in total. The van der Waals surface area contributed by atoms with E-state index in [1.807, 2.05) is 61.6 Å². The number of nitriles is 1. The largest absolute Gasteiger partial charge is 0.333 e. The minimum Gasteiger partial charge on any atom is -0.333 e. The Morgan fingerprint density at radius 3 is 2.20 bits per heavy atom. The Morgan fingerprint density at radius 2 is 1.68 bits per heavy atom. The summed E-state index contributed by atoms with van der Waals surface area (Å²) in [6.07, 6.45) is 2.02. The highest BCUT2D eigenvalue weighted by Crippen LogP contribution is 2.17. The van der Waals surface area contributed by atoms with Crippen LogP contribution in [0.4, 0.5) is 0 Å². The van der Waals surface area contributed by atoms with Gasteiger partial charge >= 0.3 is 0 Å². The molecule has 0 radical (unpaired) electrons. The van der Waals surface area contributed by atoms with Crippen LogP contribution in [0.3, 0.4) is 0 Å². The molecular weight excluding hydrogens is 330 g/mol. The van der Waals surface area contributed by atoms with Crippen molar-refractivity contribution in [3.8, 4) is 6.07 Å². The van der Waals surface area contributed by atoms with Gasteiger partial charge in [-0.2, -0.15) is 5.26 Å².